The van der Waals surface area contributed by atoms with Crippen LogP contribution in [0.1, 0.15) is 13.8 Å². The number of nitrogens with zero attached hydrogens (tertiary/aromatic N) is 3. The zero-order valence-corrected chi connectivity index (χ0v) is 11.9. The van der Waals surface area contributed by atoms with E-state index in [9.17, 15) is 0 Å². The summed E-state index contributed by atoms with van der Waals surface area (Å²) in [5, 5.41) is 6.62. The Kier molecular flexibility index (Phi) is 4.93. The van der Waals surface area contributed by atoms with Crippen LogP contribution in [0, 0.1) is 0 Å². The number of nitrogens with one attached hydrogen (secondary N) is 2. The number of anilines is 2. The third-order valence-corrected chi connectivity index (χ3v) is 3.30. The molecule has 1 saturated heterocycles. The summed E-state index contributed by atoms with van der Waals surface area (Å²) in [6.07, 6.45) is 1.80. The lowest BCUT2D eigenvalue weighted by atomic mass is 10.3. The van der Waals surface area contributed by atoms with Gasteiger partial charge in [-0.3, -0.25) is 0 Å². The topological polar surface area (TPSA) is 62.3 Å². The van der Waals surface area contributed by atoms with Gasteiger partial charge in [0, 0.05) is 38.8 Å². The van der Waals surface area contributed by atoms with Crippen molar-refractivity contribution in [3.05, 3.63) is 12.4 Å². The van der Waals surface area contributed by atoms with Crippen molar-refractivity contribution < 1.29 is 4.74 Å². The van der Waals surface area contributed by atoms with Crippen LogP contribution in [0.15, 0.2) is 12.4 Å². The predicted octanol–water partition coefficient (Wildman–Crippen LogP) is 0.722. The molecule has 6 nitrogen and oxygen atoms in total. The van der Waals surface area contributed by atoms with Crippen LogP contribution in [0.5, 0.6) is 0 Å². The van der Waals surface area contributed by atoms with E-state index in [1.165, 1.54) is 0 Å². The third kappa shape index (κ3) is 4.04. The van der Waals surface area contributed by atoms with E-state index in [1.807, 2.05) is 13.1 Å². The van der Waals surface area contributed by atoms with Crippen molar-refractivity contribution in [2.24, 2.45) is 0 Å². The normalized spacial score (nSPS) is 19.5. The second-order valence-electron chi connectivity index (χ2n) is 5.04. The molecule has 2 N–H and O–H groups in total. The largest absolute Gasteiger partial charge is 0.374 e. The van der Waals surface area contributed by atoms with E-state index < -0.39 is 0 Å². The van der Waals surface area contributed by atoms with Gasteiger partial charge in [0.1, 0.15) is 18.0 Å². The summed E-state index contributed by atoms with van der Waals surface area (Å²) >= 11 is 0. The van der Waals surface area contributed by atoms with Crippen molar-refractivity contribution >= 4 is 11.6 Å². The maximum absolute atomic E-state index is 5.64. The van der Waals surface area contributed by atoms with Crippen LogP contribution in [0.25, 0.3) is 0 Å². The molecule has 1 aliphatic rings. The fraction of sp³-hybridized carbons (Fsp3) is 0.692. The lowest BCUT2D eigenvalue weighted by Crippen LogP contribution is -2.42. The van der Waals surface area contributed by atoms with Gasteiger partial charge in [-0.25, -0.2) is 9.97 Å². The summed E-state index contributed by atoms with van der Waals surface area (Å²) in [5.74, 6) is 1.77. The van der Waals surface area contributed by atoms with Gasteiger partial charge in [-0.1, -0.05) is 0 Å². The number of rotatable bonds is 5. The van der Waals surface area contributed by atoms with E-state index in [0.29, 0.717) is 6.04 Å². The third-order valence-electron chi connectivity index (χ3n) is 3.30. The highest BCUT2D eigenvalue weighted by Crippen LogP contribution is 2.14. The van der Waals surface area contributed by atoms with Crippen LogP contribution in [-0.2, 0) is 4.74 Å². The quantitative estimate of drug-likeness (QED) is 0.818. The number of morpholine rings is 1. The van der Waals surface area contributed by atoms with Crippen LogP contribution in [0.3, 0.4) is 0 Å². The molecule has 2 heterocycles. The molecule has 1 aliphatic heterocycles. The Balaban J connectivity index is 1.91. The van der Waals surface area contributed by atoms with E-state index in [2.05, 4.69) is 39.3 Å². The summed E-state index contributed by atoms with van der Waals surface area (Å²) in [7, 11) is 2.03. The fourth-order valence-electron chi connectivity index (χ4n) is 1.87. The van der Waals surface area contributed by atoms with Crippen LogP contribution >= 0.6 is 0 Å². The van der Waals surface area contributed by atoms with Crippen LogP contribution in [0.4, 0.5) is 11.6 Å². The molecule has 1 unspecified atom stereocenters. The number of hydrogen-bond donors (Lipinski definition) is 2. The molecule has 0 amide bonds. The molecule has 0 radical (unpaired) electrons. The summed E-state index contributed by atoms with van der Waals surface area (Å²) in [6.45, 7) is 7.63. The van der Waals surface area contributed by atoms with Gasteiger partial charge >= 0.3 is 0 Å². The van der Waals surface area contributed by atoms with Gasteiger partial charge in [0.05, 0.1) is 12.7 Å². The van der Waals surface area contributed by atoms with Gasteiger partial charge in [-0.2, -0.15) is 0 Å². The van der Waals surface area contributed by atoms with Crippen LogP contribution < -0.4 is 15.5 Å². The maximum atomic E-state index is 5.64. The second kappa shape index (κ2) is 6.68. The Bertz CT molecular complexity index is 392. The molecular weight excluding hydrogens is 242 g/mol. The Labute approximate surface area is 114 Å². The highest BCUT2D eigenvalue weighted by atomic mass is 16.5. The Morgan fingerprint density at radius 2 is 2.37 bits per heavy atom. The molecule has 106 valence electrons. The zero-order valence-electron chi connectivity index (χ0n) is 11.9. The molecule has 0 saturated carbocycles. The Hall–Kier alpha value is -1.40. The van der Waals surface area contributed by atoms with Crippen LogP contribution in [-0.4, -0.2) is 55.4 Å². The lowest BCUT2D eigenvalue weighted by molar-refractivity contribution is 0.0372. The molecule has 19 heavy (non-hydrogen) atoms. The molecule has 1 fully saturated rings. The summed E-state index contributed by atoms with van der Waals surface area (Å²) in [4.78, 5) is 10.6. The minimum Gasteiger partial charge on any atom is -0.374 e. The second-order valence-corrected chi connectivity index (χ2v) is 5.04. The molecule has 1 aromatic heterocycles. The molecule has 6 heteroatoms. The first-order chi connectivity index (χ1) is 9.16. The smallest absolute Gasteiger partial charge is 0.134 e. The van der Waals surface area contributed by atoms with E-state index >= 15 is 0 Å². The monoisotopic (exact) mass is 265 g/mol. The lowest BCUT2D eigenvalue weighted by Gasteiger charge is -2.25. The minimum atomic E-state index is 0.204. The van der Waals surface area contributed by atoms with Gasteiger partial charge in [0.2, 0.25) is 0 Å². The maximum Gasteiger partial charge on any atom is 0.134 e. The summed E-state index contributed by atoms with van der Waals surface area (Å²) in [6, 6.07) is 2.38. The molecule has 0 spiro atoms. The molecule has 0 aromatic carbocycles. The summed E-state index contributed by atoms with van der Waals surface area (Å²) < 4.78 is 5.64. The van der Waals surface area contributed by atoms with Gasteiger partial charge in [0.25, 0.3) is 0 Å². The van der Waals surface area contributed by atoms with Crippen molar-refractivity contribution in [1.82, 2.24) is 15.3 Å². The average molecular weight is 265 g/mol. The molecule has 1 aromatic rings. The van der Waals surface area contributed by atoms with Crippen molar-refractivity contribution in [1.29, 1.82) is 0 Å². The van der Waals surface area contributed by atoms with Gasteiger partial charge in [-0.05, 0) is 13.8 Å². The highest BCUT2D eigenvalue weighted by molar-refractivity contribution is 5.48. The fourth-order valence-corrected chi connectivity index (χ4v) is 1.87. The van der Waals surface area contributed by atoms with Crippen molar-refractivity contribution in [3.8, 4) is 0 Å². The standard InChI is InChI=1S/C13H23N5O/c1-10(2)18(3)13-6-12(16-9-17-13)15-8-11-7-14-4-5-19-11/h6,9-11,14H,4-5,7-8H2,1-3H3,(H,15,16,17). The first-order valence-corrected chi connectivity index (χ1v) is 6.78. The van der Waals surface area contributed by atoms with Gasteiger partial charge in [0.15, 0.2) is 0 Å². The Morgan fingerprint density at radius 1 is 1.53 bits per heavy atom. The predicted molar refractivity (Wildman–Crippen MR) is 76.7 cm³/mol. The van der Waals surface area contributed by atoms with Gasteiger partial charge in [-0.15, -0.1) is 0 Å². The van der Waals surface area contributed by atoms with Crippen molar-refractivity contribution in [2.45, 2.75) is 26.0 Å². The number of aromatic nitrogens is 2. The number of hydrogen-bond acceptors (Lipinski definition) is 6. The van der Waals surface area contributed by atoms with E-state index in [1.54, 1.807) is 6.33 Å². The molecule has 0 aliphatic carbocycles. The van der Waals surface area contributed by atoms with Gasteiger partial charge < -0.3 is 20.3 Å². The Morgan fingerprint density at radius 3 is 3.05 bits per heavy atom. The number of ether oxygens (including phenoxy) is 1. The van der Waals surface area contributed by atoms with E-state index in [4.69, 9.17) is 4.74 Å². The van der Waals surface area contributed by atoms with E-state index in [-0.39, 0.29) is 6.10 Å². The summed E-state index contributed by atoms with van der Waals surface area (Å²) in [5.41, 5.74) is 0. The first kappa shape index (κ1) is 14.0. The minimum absolute atomic E-state index is 0.204. The zero-order chi connectivity index (χ0) is 13.7. The van der Waals surface area contributed by atoms with Crippen LogP contribution in [0.2, 0.25) is 0 Å². The molecule has 1 atom stereocenters. The highest BCUT2D eigenvalue weighted by Gasteiger charge is 2.13. The molecule has 0 bridgehead atoms. The SMILES string of the molecule is CC(C)N(C)c1cc(NCC2CNCCO2)ncn1. The van der Waals surface area contributed by atoms with Crippen molar-refractivity contribution in [2.75, 3.05) is 43.5 Å². The molecule has 2 rings (SSSR count). The van der Waals surface area contributed by atoms with E-state index in [0.717, 1.165) is 37.9 Å². The first-order valence-electron chi connectivity index (χ1n) is 6.78. The molecular formula is C13H23N5O. The van der Waals surface area contributed by atoms with Crippen molar-refractivity contribution in [3.63, 3.8) is 0 Å². The average Bonchev–Trinajstić information content (AvgIpc) is 2.45.